The third-order valence-electron chi connectivity index (χ3n) is 3.66. The molecule has 7 nitrogen and oxygen atoms in total. The lowest BCUT2D eigenvalue weighted by Crippen LogP contribution is -2.22. The van der Waals surface area contributed by atoms with Crippen LogP contribution in [0.5, 0.6) is 0 Å². The van der Waals surface area contributed by atoms with Crippen LogP contribution >= 0.6 is 0 Å². The average Bonchev–Trinajstić information content (AvgIpc) is 3.09. The lowest BCUT2D eigenvalue weighted by Gasteiger charge is -2.19. The molecule has 4 rings (SSSR count). The molecular formula is C15H13N7. The normalized spacial score (nSPS) is 13.4. The Labute approximate surface area is 126 Å². The quantitative estimate of drug-likeness (QED) is 0.681. The predicted octanol–water partition coefficient (Wildman–Crippen LogP) is 2.34. The average molecular weight is 291 g/mol. The number of aromatic nitrogens is 4. The fourth-order valence-corrected chi connectivity index (χ4v) is 2.60. The van der Waals surface area contributed by atoms with Crippen molar-refractivity contribution >= 4 is 16.9 Å². The molecule has 0 spiro atoms. The first-order valence-electron chi connectivity index (χ1n) is 6.85. The number of terminal acetylenes is 1. The molecule has 0 N–H and O–H groups in total. The van der Waals surface area contributed by atoms with E-state index in [0.29, 0.717) is 19.0 Å². The molecular weight excluding hydrogens is 278 g/mol. The van der Waals surface area contributed by atoms with E-state index in [4.69, 9.17) is 6.42 Å². The van der Waals surface area contributed by atoms with Crippen LogP contribution in [-0.4, -0.2) is 30.7 Å². The van der Waals surface area contributed by atoms with Gasteiger partial charge in [-0.2, -0.15) is 0 Å². The Hall–Kier alpha value is -3.14. The zero-order valence-corrected chi connectivity index (χ0v) is 12.0. The van der Waals surface area contributed by atoms with Gasteiger partial charge in [-0.25, -0.2) is 15.0 Å². The van der Waals surface area contributed by atoms with Gasteiger partial charge in [0.2, 0.25) is 0 Å². The molecule has 0 aliphatic carbocycles. The highest BCUT2D eigenvalue weighted by atomic mass is 15.6. The molecule has 1 aliphatic heterocycles. The Morgan fingerprint density at radius 3 is 3.00 bits per heavy atom. The SMILES string of the molecule is C#CCN1Cn2cnc(-c3nc4ccccc4n3C)c2N=N1. The van der Waals surface area contributed by atoms with E-state index in [2.05, 4.69) is 26.2 Å². The van der Waals surface area contributed by atoms with Crippen LogP contribution in [-0.2, 0) is 13.7 Å². The van der Waals surface area contributed by atoms with Crippen LogP contribution in [0.25, 0.3) is 22.6 Å². The predicted molar refractivity (Wildman–Crippen MR) is 82.0 cm³/mol. The number of hydrogen-bond donors (Lipinski definition) is 0. The van der Waals surface area contributed by atoms with E-state index in [1.54, 1.807) is 11.3 Å². The Morgan fingerprint density at radius 2 is 2.18 bits per heavy atom. The number of aryl methyl sites for hydroxylation is 1. The second kappa shape index (κ2) is 4.70. The number of imidazole rings is 2. The van der Waals surface area contributed by atoms with Gasteiger partial charge in [-0.1, -0.05) is 23.3 Å². The van der Waals surface area contributed by atoms with E-state index in [1.807, 2.05) is 40.4 Å². The first kappa shape index (κ1) is 12.6. The zero-order valence-electron chi connectivity index (χ0n) is 12.0. The van der Waals surface area contributed by atoms with Crippen LogP contribution in [0.15, 0.2) is 40.9 Å². The smallest absolute Gasteiger partial charge is 0.189 e. The van der Waals surface area contributed by atoms with Gasteiger partial charge in [-0.05, 0) is 12.1 Å². The van der Waals surface area contributed by atoms with E-state index >= 15 is 0 Å². The highest BCUT2D eigenvalue weighted by Crippen LogP contribution is 2.32. The van der Waals surface area contributed by atoms with Crippen LogP contribution < -0.4 is 0 Å². The third-order valence-corrected chi connectivity index (χ3v) is 3.66. The molecule has 0 atom stereocenters. The standard InChI is InChI=1S/C15H13N7/c1-3-8-22-10-21-9-16-13(15(21)18-19-22)14-17-11-6-4-5-7-12(11)20(14)2/h1,4-7,9H,8,10H2,2H3. The van der Waals surface area contributed by atoms with E-state index in [9.17, 15) is 0 Å². The summed E-state index contributed by atoms with van der Waals surface area (Å²) in [6.07, 6.45) is 7.05. The number of rotatable bonds is 2. The molecule has 2 aromatic heterocycles. The number of hydrogen-bond acceptors (Lipinski definition) is 5. The van der Waals surface area contributed by atoms with Crippen molar-refractivity contribution in [2.75, 3.05) is 6.54 Å². The van der Waals surface area contributed by atoms with Crippen molar-refractivity contribution in [3.05, 3.63) is 30.6 Å². The summed E-state index contributed by atoms with van der Waals surface area (Å²) in [4.78, 5) is 9.12. The Morgan fingerprint density at radius 1 is 1.32 bits per heavy atom. The molecule has 3 aromatic rings. The topological polar surface area (TPSA) is 63.6 Å². The summed E-state index contributed by atoms with van der Waals surface area (Å²) in [6.45, 7) is 0.961. The first-order chi connectivity index (χ1) is 10.8. The highest BCUT2D eigenvalue weighted by Gasteiger charge is 2.22. The molecule has 22 heavy (non-hydrogen) atoms. The minimum atomic E-state index is 0.419. The van der Waals surface area contributed by atoms with Crippen LogP contribution in [0.3, 0.4) is 0 Å². The molecule has 0 fully saturated rings. The van der Waals surface area contributed by atoms with Crippen molar-refractivity contribution in [3.8, 4) is 23.9 Å². The highest BCUT2D eigenvalue weighted by molar-refractivity contribution is 5.81. The second-order valence-corrected chi connectivity index (χ2v) is 5.07. The Kier molecular flexibility index (Phi) is 2.69. The van der Waals surface area contributed by atoms with E-state index in [1.165, 1.54) is 0 Å². The molecule has 1 aromatic carbocycles. The molecule has 0 saturated heterocycles. The summed E-state index contributed by atoms with van der Waals surface area (Å²) in [5, 5.41) is 10.1. The molecule has 0 radical (unpaired) electrons. The van der Waals surface area contributed by atoms with Crippen LogP contribution in [0.1, 0.15) is 0 Å². The van der Waals surface area contributed by atoms with Gasteiger partial charge in [0, 0.05) is 7.05 Å². The number of benzene rings is 1. The van der Waals surface area contributed by atoms with Crippen LogP contribution in [0.2, 0.25) is 0 Å². The third kappa shape index (κ3) is 1.78. The van der Waals surface area contributed by atoms with Gasteiger partial charge in [0.05, 0.1) is 17.4 Å². The second-order valence-electron chi connectivity index (χ2n) is 5.07. The van der Waals surface area contributed by atoms with Crippen LogP contribution in [0.4, 0.5) is 5.82 Å². The Bertz CT molecular complexity index is 925. The number of para-hydroxylation sites is 2. The van der Waals surface area contributed by atoms with Gasteiger partial charge in [0.15, 0.2) is 17.3 Å². The summed E-state index contributed by atoms with van der Waals surface area (Å²) in [5.41, 5.74) is 2.72. The van der Waals surface area contributed by atoms with Crippen molar-refractivity contribution < 1.29 is 0 Å². The van der Waals surface area contributed by atoms with E-state index in [0.717, 1.165) is 22.6 Å². The monoisotopic (exact) mass is 291 g/mol. The number of fused-ring (bicyclic) bond motifs is 2. The van der Waals surface area contributed by atoms with Crippen molar-refractivity contribution in [1.82, 2.24) is 24.1 Å². The van der Waals surface area contributed by atoms with Crippen molar-refractivity contribution in [1.29, 1.82) is 0 Å². The Balaban J connectivity index is 1.82. The molecule has 1 aliphatic rings. The van der Waals surface area contributed by atoms with E-state index in [-0.39, 0.29) is 0 Å². The van der Waals surface area contributed by atoms with Crippen molar-refractivity contribution in [3.63, 3.8) is 0 Å². The summed E-state index contributed by atoms with van der Waals surface area (Å²) in [5.74, 6) is 4.03. The summed E-state index contributed by atoms with van der Waals surface area (Å²) in [6, 6.07) is 7.98. The van der Waals surface area contributed by atoms with Gasteiger partial charge in [-0.15, -0.1) is 11.5 Å². The fraction of sp³-hybridized carbons (Fsp3) is 0.200. The van der Waals surface area contributed by atoms with Gasteiger partial charge in [0.1, 0.15) is 13.2 Å². The summed E-state index contributed by atoms with van der Waals surface area (Å²) in [7, 11) is 1.97. The number of nitrogens with zero attached hydrogens (tertiary/aromatic N) is 7. The maximum Gasteiger partial charge on any atom is 0.189 e. The molecule has 3 heterocycles. The lowest BCUT2D eigenvalue weighted by atomic mass is 10.3. The van der Waals surface area contributed by atoms with Gasteiger partial charge in [0.25, 0.3) is 0 Å². The van der Waals surface area contributed by atoms with Crippen molar-refractivity contribution in [2.24, 2.45) is 17.4 Å². The largest absolute Gasteiger partial charge is 0.326 e. The minimum absolute atomic E-state index is 0.419. The molecule has 0 saturated carbocycles. The first-order valence-corrected chi connectivity index (χ1v) is 6.85. The summed E-state index contributed by atoms with van der Waals surface area (Å²) < 4.78 is 3.93. The van der Waals surface area contributed by atoms with Gasteiger partial charge in [-0.3, -0.25) is 4.57 Å². The molecule has 0 amide bonds. The molecule has 108 valence electrons. The van der Waals surface area contributed by atoms with E-state index < -0.39 is 0 Å². The fourth-order valence-electron chi connectivity index (χ4n) is 2.60. The molecule has 0 unspecified atom stereocenters. The molecule has 0 bridgehead atoms. The van der Waals surface area contributed by atoms with Gasteiger partial charge >= 0.3 is 0 Å². The molecule has 7 heteroatoms. The maximum atomic E-state index is 5.31. The lowest BCUT2D eigenvalue weighted by molar-refractivity contribution is 0.226. The summed E-state index contributed by atoms with van der Waals surface area (Å²) >= 11 is 0. The minimum Gasteiger partial charge on any atom is -0.326 e. The van der Waals surface area contributed by atoms with Crippen molar-refractivity contribution in [2.45, 2.75) is 6.67 Å². The van der Waals surface area contributed by atoms with Gasteiger partial charge < -0.3 is 4.57 Å². The van der Waals surface area contributed by atoms with Crippen LogP contribution in [0, 0.1) is 12.3 Å². The zero-order chi connectivity index (χ0) is 15.1. The maximum absolute atomic E-state index is 5.31.